The maximum absolute atomic E-state index is 12.4. The summed E-state index contributed by atoms with van der Waals surface area (Å²) in [6.45, 7) is 0. The largest absolute Gasteiger partial charge is 0.480 e. The van der Waals surface area contributed by atoms with E-state index < -0.39 is 43.4 Å². The Hall–Kier alpha value is -4.77. The number of thioether (sulfide) groups is 1. The van der Waals surface area contributed by atoms with Gasteiger partial charge in [0.1, 0.15) is 6.04 Å². The molecule has 1 heterocycles. The molecular weight excluding hydrogens is 510 g/mol. The van der Waals surface area contributed by atoms with Crippen LogP contribution >= 0.6 is 11.8 Å². The molecular formula is C27H21N3O7S. The van der Waals surface area contributed by atoms with Gasteiger partial charge in [-0.25, -0.2) is 4.79 Å². The van der Waals surface area contributed by atoms with E-state index in [-0.39, 0.29) is 5.75 Å². The van der Waals surface area contributed by atoms with Crippen LogP contribution in [0.1, 0.15) is 22.7 Å². The van der Waals surface area contributed by atoms with E-state index in [1.54, 1.807) is 0 Å². The Bertz CT molecular complexity index is 1390. The predicted octanol–water partition coefficient (Wildman–Crippen LogP) is 5.02. The van der Waals surface area contributed by atoms with E-state index in [1.165, 1.54) is 11.8 Å². The van der Waals surface area contributed by atoms with Crippen molar-refractivity contribution in [3.05, 3.63) is 151 Å². The van der Waals surface area contributed by atoms with E-state index in [0.29, 0.717) is 0 Å². The Balaban J connectivity index is 1.89. The van der Waals surface area contributed by atoms with E-state index in [0.717, 1.165) is 33.7 Å². The zero-order valence-corrected chi connectivity index (χ0v) is 20.6. The minimum absolute atomic E-state index is 0.148. The summed E-state index contributed by atoms with van der Waals surface area (Å²) < 4.78 is -0.0346. The smallest absolute Gasteiger partial charge is 0.339 e. The van der Waals surface area contributed by atoms with E-state index in [1.807, 2.05) is 91.0 Å². The number of nitrogens with zero attached hydrogens (tertiary/aromatic N) is 3. The van der Waals surface area contributed by atoms with Crippen molar-refractivity contribution < 1.29 is 19.7 Å². The van der Waals surface area contributed by atoms with Crippen molar-refractivity contribution in [2.24, 2.45) is 0 Å². The minimum Gasteiger partial charge on any atom is -0.480 e. The zero-order valence-electron chi connectivity index (χ0n) is 19.7. The second-order valence-corrected chi connectivity index (χ2v) is 9.50. The first-order valence-corrected chi connectivity index (χ1v) is 12.3. The second kappa shape index (κ2) is 11.1. The van der Waals surface area contributed by atoms with Crippen LogP contribution in [-0.2, 0) is 9.54 Å². The van der Waals surface area contributed by atoms with Gasteiger partial charge < -0.3 is 9.67 Å². The molecule has 0 fully saturated rings. The average molecular weight is 532 g/mol. The van der Waals surface area contributed by atoms with Gasteiger partial charge in [-0.1, -0.05) is 91.0 Å². The third-order valence-electron chi connectivity index (χ3n) is 6.04. The molecule has 4 aromatic rings. The minimum atomic E-state index is -1.46. The first-order valence-electron chi connectivity index (χ1n) is 11.3. The highest BCUT2D eigenvalue weighted by Crippen LogP contribution is 2.49. The van der Waals surface area contributed by atoms with Crippen molar-refractivity contribution in [1.29, 1.82) is 0 Å². The van der Waals surface area contributed by atoms with E-state index in [9.17, 15) is 34.9 Å². The number of pyridine rings is 1. The quantitative estimate of drug-likeness (QED) is 0.171. The molecule has 10 nitrogen and oxygen atoms in total. The van der Waals surface area contributed by atoms with E-state index in [4.69, 9.17) is 0 Å². The molecule has 0 amide bonds. The molecule has 1 N–H and O–H groups in total. The monoisotopic (exact) mass is 531 g/mol. The normalized spacial score (nSPS) is 12.0. The van der Waals surface area contributed by atoms with Gasteiger partial charge in [0.2, 0.25) is 0 Å². The number of nitro groups is 2. The molecule has 38 heavy (non-hydrogen) atoms. The van der Waals surface area contributed by atoms with Crippen molar-refractivity contribution in [2.45, 2.75) is 10.8 Å². The molecule has 0 aliphatic carbocycles. The molecule has 11 heteroatoms. The molecule has 0 saturated carbocycles. The third kappa shape index (κ3) is 5.04. The lowest BCUT2D eigenvalue weighted by Crippen LogP contribution is -2.30. The number of carboxylic acid groups (broad SMARTS) is 1. The number of aliphatic carboxylic acids is 1. The SMILES string of the molecule is O=C(O)[C@H](CSC(c1ccccc1)(c1ccccc1)c1ccccc1)n1cc([N+](=O)[O-])c(=O)c([N+](=O)[O-])c1. The molecule has 1 aromatic heterocycles. The lowest BCUT2D eigenvalue weighted by Gasteiger charge is -2.36. The number of hydrogen-bond acceptors (Lipinski definition) is 7. The van der Waals surface area contributed by atoms with Crippen LogP contribution in [0.15, 0.2) is 108 Å². The number of carbonyl (C=O) groups is 1. The molecule has 0 aliphatic heterocycles. The fourth-order valence-corrected chi connectivity index (χ4v) is 5.90. The third-order valence-corrected chi connectivity index (χ3v) is 7.67. The number of carboxylic acids is 1. The molecule has 0 bridgehead atoms. The molecule has 0 unspecified atom stereocenters. The summed E-state index contributed by atoms with van der Waals surface area (Å²) in [6.07, 6.45) is 1.48. The van der Waals surface area contributed by atoms with Gasteiger partial charge >= 0.3 is 22.8 Å². The number of hydrogen-bond donors (Lipinski definition) is 1. The number of benzene rings is 3. The van der Waals surface area contributed by atoms with Crippen LogP contribution < -0.4 is 5.43 Å². The van der Waals surface area contributed by atoms with E-state index in [2.05, 4.69) is 0 Å². The van der Waals surface area contributed by atoms with Crippen LogP contribution in [0, 0.1) is 20.2 Å². The van der Waals surface area contributed by atoms with Gasteiger partial charge in [-0.15, -0.1) is 11.8 Å². The molecule has 0 aliphatic rings. The summed E-state index contributed by atoms with van der Waals surface area (Å²) in [6, 6.07) is 27.0. The molecule has 0 spiro atoms. The van der Waals surface area contributed by atoms with Crippen LogP contribution in [0.25, 0.3) is 0 Å². The fraction of sp³-hybridized carbons (Fsp3) is 0.111. The van der Waals surface area contributed by atoms with Crippen LogP contribution in [0.4, 0.5) is 11.4 Å². The second-order valence-electron chi connectivity index (χ2n) is 8.26. The van der Waals surface area contributed by atoms with Gasteiger partial charge in [-0.05, 0) is 16.7 Å². The van der Waals surface area contributed by atoms with Crippen molar-refractivity contribution in [3.63, 3.8) is 0 Å². The average Bonchev–Trinajstić information content (AvgIpc) is 2.92. The van der Waals surface area contributed by atoms with Gasteiger partial charge in [0.05, 0.1) is 27.0 Å². The number of aromatic nitrogens is 1. The Labute approximate surface area is 220 Å². The van der Waals surface area contributed by atoms with Crippen molar-refractivity contribution in [2.75, 3.05) is 5.75 Å². The predicted molar refractivity (Wildman–Crippen MR) is 142 cm³/mol. The standard InChI is InChI=1S/C27H21N3O7S/c31-25-22(29(34)35)16-28(17-23(25)30(36)37)24(26(32)33)18-38-27(19-10-4-1-5-11-19,20-12-6-2-7-13-20)21-14-8-3-9-15-21/h1-17,24H,18H2,(H,32,33)/t24-/m0/s1. The Morgan fingerprint density at radius 2 is 1.16 bits per heavy atom. The molecule has 1 atom stereocenters. The van der Waals surface area contributed by atoms with E-state index >= 15 is 0 Å². The summed E-state index contributed by atoms with van der Waals surface area (Å²) in [7, 11) is 0. The molecule has 3 aromatic carbocycles. The summed E-state index contributed by atoms with van der Waals surface area (Å²) >= 11 is 1.27. The van der Waals surface area contributed by atoms with Crippen molar-refractivity contribution in [3.8, 4) is 0 Å². The highest BCUT2D eigenvalue weighted by molar-refractivity contribution is 8.00. The van der Waals surface area contributed by atoms with Gasteiger partial charge in [0.15, 0.2) is 0 Å². The van der Waals surface area contributed by atoms with Gasteiger partial charge in [-0.3, -0.25) is 25.0 Å². The summed E-state index contributed by atoms with van der Waals surface area (Å²) in [5.74, 6) is -1.52. The zero-order chi connectivity index (χ0) is 27.3. The lowest BCUT2D eigenvalue weighted by atomic mass is 9.84. The highest BCUT2D eigenvalue weighted by atomic mass is 32.2. The topological polar surface area (TPSA) is 146 Å². The number of rotatable bonds is 10. The summed E-state index contributed by atoms with van der Waals surface area (Å²) in [5, 5.41) is 33.0. The first kappa shape index (κ1) is 26.3. The first-order chi connectivity index (χ1) is 18.3. The van der Waals surface area contributed by atoms with Crippen LogP contribution in [0.5, 0.6) is 0 Å². The Kier molecular flexibility index (Phi) is 7.68. The van der Waals surface area contributed by atoms with Gasteiger partial charge in [0, 0.05) is 5.75 Å². The van der Waals surface area contributed by atoms with Crippen LogP contribution in [0.3, 0.4) is 0 Å². The fourth-order valence-electron chi connectivity index (χ4n) is 4.27. The molecule has 0 saturated heterocycles. The maximum atomic E-state index is 12.4. The van der Waals surface area contributed by atoms with Crippen molar-refractivity contribution >= 4 is 29.1 Å². The molecule has 0 radical (unpaired) electrons. The summed E-state index contributed by atoms with van der Waals surface area (Å²) in [4.78, 5) is 45.4. The highest BCUT2D eigenvalue weighted by Gasteiger charge is 2.39. The van der Waals surface area contributed by atoms with Crippen molar-refractivity contribution in [1.82, 2.24) is 4.57 Å². The molecule has 192 valence electrons. The molecule has 4 rings (SSSR count). The van der Waals surface area contributed by atoms with Crippen LogP contribution in [-0.4, -0.2) is 31.2 Å². The Morgan fingerprint density at radius 1 is 0.789 bits per heavy atom. The maximum Gasteiger partial charge on any atom is 0.339 e. The van der Waals surface area contributed by atoms with Crippen LogP contribution in [0.2, 0.25) is 0 Å². The Morgan fingerprint density at radius 3 is 1.47 bits per heavy atom. The lowest BCUT2D eigenvalue weighted by molar-refractivity contribution is -0.397. The van der Waals surface area contributed by atoms with Gasteiger partial charge in [-0.2, -0.15) is 0 Å². The van der Waals surface area contributed by atoms with Gasteiger partial charge in [0.25, 0.3) is 0 Å². The summed E-state index contributed by atoms with van der Waals surface area (Å²) in [5.41, 5.74) is -0.942.